The fourth-order valence-electron chi connectivity index (χ4n) is 2.61. The lowest BCUT2D eigenvalue weighted by Crippen LogP contribution is -2.32. The van der Waals surface area contributed by atoms with E-state index in [0.717, 1.165) is 16.9 Å². The zero-order valence-corrected chi connectivity index (χ0v) is 17.3. The largest absolute Gasteiger partial charge is 0.497 e. The first-order chi connectivity index (χ1) is 15.0. The van der Waals surface area contributed by atoms with Crippen molar-refractivity contribution in [2.45, 2.75) is 13.5 Å². The summed E-state index contributed by atoms with van der Waals surface area (Å²) in [5.74, 6) is -0.413. The summed E-state index contributed by atoms with van der Waals surface area (Å²) in [5.41, 5.74) is 5.69. The van der Waals surface area contributed by atoms with Crippen molar-refractivity contribution >= 4 is 23.7 Å². The van der Waals surface area contributed by atoms with Crippen LogP contribution in [0.4, 0.5) is 5.69 Å². The molecule has 0 saturated carbocycles. The molecule has 0 bridgehead atoms. The first-order valence-corrected chi connectivity index (χ1v) is 9.60. The average molecular weight is 417 g/mol. The Kier molecular flexibility index (Phi) is 7.37. The SMILES string of the molecule is COc1cccc(NC(=O)C(=O)N/N=C\c2ccc(OCc3ccc(C)cc3)cc2)c1. The summed E-state index contributed by atoms with van der Waals surface area (Å²) < 4.78 is 10.8. The smallest absolute Gasteiger partial charge is 0.329 e. The number of benzene rings is 3. The molecule has 2 N–H and O–H groups in total. The van der Waals surface area contributed by atoms with Gasteiger partial charge >= 0.3 is 11.8 Å². The van der Waals surface area contributed by atoms with Gasteiger partial charge < -0.3 is 14.8 Å². The van der Waals surface area contributed by atoms with Crippen LogP contribution in [-0.4, -0.2) is 25.1 Å². The Morgan fingerprint density at radius 2 is 1.68 bits per heavy atom. The van der Waals surface area contributed by atoms with Crippen LogP contribution in [0.2, 0.25) is 0 Å². The standard InChI is InChI=1S/C24H23N3O4/c1-17-6-8-19(9-7-17)16-31-21-12-10-18(11-13-21)15-25-27-24(29)23(28)26-20-4-3-5-22(14-20)30-2/h3-15H,16H2,1-2H3,(H,26,28)(H,27,29)/b25-15-. The second-order valence-corrected chi connectivity index (χ2v) is 6.73. The Morgan fingerprint density at radius 3 is 2.39 bits per heavy atom. The number of hydrogen-bond acceptors (Lipinski definition) is 5. The molecule has 0 saturated heterocycles. The summed E-state index contributed by atoms with van der Waals surface area (Å²) in [6, 6.07) is 22.1. The van der Waals surface area contributed by atoms with E-state index >= 15 is 0 Å². The molecule has 3 rings (SSSR count). The van der Waals surface area contributed by atoms with Crippen molar-refractivity contribution in [3.8, 4) is 11.5 Å². The maximum absolute atomic E-state index is 12.0. The predicted octanol–water partition coefficient (Wildman–Crippen LogP) is 3.67. The van der Waals surface area contributed by atoms with Gasteiger partial charge in [-0.3, -0.25) is 9.59 Å². The summed E-state index contributed by atoms with van der Waals surface area (Å²) in [5, 5.41) is 6.30. The van der Waals surface area contributed by atoms with Gasteiger partial charge in [-0.05, 0) is 54.4 Å². The minimum absolute atomic E-state index is 0.449. The molecule has 0 aromatic heterocycles. The van der Waals surface area contributed by atoms with Gasteiger partial charge in [0, 0.05) is 11.8 Å². The fraction of sp³-hybridized carbons (Fsp3) is 0.125. The van der Waals surface area contributed by atoms with Crippen LogP contribution in [0.1, 0.15) is 16.7 Å². The van der Waals surface area contributed by atoms with Gasteiger partial charge in [-0.1, -0.05) is 35.9 Å². The molecule has 0 aliphatic carbocycles. The van der Waals surface area contributed by atoms with E-state index in [-0.39, 0.29) is 0 Å². The van der Waals surface area contributed by atoms with E-state index in [1.807, 2.05) is 43.3 Å². The second-order valence-electron chi connectivity index (χ2n) is 6.73. The van der Waals surface area contributed by atoms with Crippen LogP contribution in [0.3, 0.4) is 0 Å². The topological polar surface area (TPSA) is 89.0 Å². The monoisotopic (exact) mass is 417 g/mol. The van der Waals surface area contributed by atoms with Crippen LogP contribution in [0.15, 0.2) is 77.9 Å². The van der Waals surface area contributed by atoms with E-state index in [1.165, 1.54) is 18.9 Å². The van der Waals surface area contributed by atoms with Crippen molar-refractivity contribution in [2.24, 2.45) is 5.10 Å². The number of nitrogens with one attached hydrogen (secondary N) is 2. The summed E-state index contributed by atoms with van der Waals surface area (Å²) in [6.07, 6.45) is 1.44. The van der Waals surface area contributed by atoms with Crippen molar-refractivity contribution in [3.63, 3.8) is 0 Å². The number of nitrogens with zero attached hydrogens (tertiary/aromatic N) is 1. The quantitative estimate of drug-likeness (QED) is 0.349. The molecule has 3 aromatic carbocycles. The van der Waals surface area contributed by atoms with Crippen molar-refractivity contribution in [3.05, 3.63) is 89.5 Å². The highest BCUT2D eigenvalue weighted by molar-refractivity contribution is 6.39. The summed E-state index contributed by atoms with van der Waals surface area (Å²) in [6.45, 7) is 2.52. The van der Waals surface area contributed by atoms with Gasteiger partial charge in [0.25, 0.3) is 0 Å². The van der Waals surface area contributed by atoms with Crippen LogP contribution in [-0.2, 0) is 16.2 Å². The van der Waals surface area contributed by atoms with Gasteiger partial charge in [-0.15, -0.1) is 0 Å². The highest BCUT2D eigenvalue weighted by Gasteiger charge is 2.13. The van der Waals surface area contributed by atoms with E-state index in [4.69, 9.17) is 9.47 Å². The van der Waals surface area contributed by atoms with E-state index in [0.29, 0.717) is 18.0 Å². The molecule has 31 heavy (non-hydrogen) atoms. The molecule has 0 spiro atoms. The minimum Gasteiger partial charge on any atom is -0.497 e. The van der Waals surface area contributed by atoms with Gasteiger partial charge in [-0.2, -0.15) is 5.10 Å². The Bertz CT molecular complexity index is 1060. The van der Waals surface area contributed by atoms with Crippen LogP contribution >= 0.6 is 0 Å². The molecular formula is C24H23N3O4. The number of carbonyl (C=O) groups excluding carboxylic acids is 2. The number of hydrogen-bond donors (Lipinski definition) is 2. The third-order valence-corrected chi connectivity index (χ3v) is 4.32. The number of amides is 2. The maximum Gasteiger partial charge on any atom is 0.329 e. The number of methoxy groups -OCH3 is 1. The highest BCUT2D eigenvalue weighted by Crippen LogP contribution is 2.16. The molecule has 0 atom stereocenters. The van der Waals surface area contributed by atoms with E-state index in [2.05, 4.69) is 15.8 Å². The first-order valence-electron chi connectivity index (χ1n) is 9.60. The average Bonchev–Trinajstić information content (AvgIpc) is 2.79. The lowest BCUT2D eigenvalue weighted by Gasteiger charge is -2.07. The van der Waals surface area contributed by atoms with Crippen molar-refractivity contribution < 1.29 is 19.1 Å². The third-order valence-electron chi connectivity index (χ3n) is 4.32. The third kappa shape index (κ3) is 6.71. The Hall–Kier alpha value is -4.13. The van der Waals surface area contributed by atoms with Crippen LogP contribution < -0.4 is 20.2 Å². The molecular weight excluding hydrogens is 394 g/mol. The minimum atomic E-state index is -0.878. The Morgan fingerprint density at radius 1 is 0.935 bits per heavy atom. The molecule has 7 heteroatoms. The van der Waals surface area contributed by atoms with Crippen LogP contribution in [0, 0.1) is 6.92 Å². The van der Waals surface area contributed by atoms with Gasteiger partial charge in [0.05, 0.1) is 13.3 Å². The van der Waals surface area contributed by atoms with Crippen molar-refractivity contribution in [2.75, 3.05) is 12.4 Å². The number of carbonyl (C=O) groups is 2. The molecule has 3 aromatic rings. The van der Waals surface area contributed by atoms with E-state index in [9.17, 15) is 9.59 Å². The van der Waals surface area contributed by atoms with Gasteiger partial charge in [0.2, 0.25) is 0 Å². The highest BCUT2D eigenvalue weighted by atomic mass is 16.5. The summed E-state index contributed by atoms with van der Waals surface area (Å²) in [7, 11) is 1.52. The summed E-state index contributed by atoms with van der Waals surface area (Å²) >= 11 is 0. The van der Waals surface area contributed by atoms with Crippen LogP contribution in [0.5, 0.6) is 11.5 Å². The molecule has 2 amide bonds. The molecule has 0 unspecified atom stereocenters. The van der Waals surface area contributed by atoms with Gasteiger partial charge in [0.15, 0.2) is 0 Å². The van der Waals surface area contributed by atoms with Crippen molar-refractivity contribution in [1.29, 1.82) is 0 Å². The molecule has 0 aliphatic heterocycles. The first kappa shape index (κ1) is 21.6. The number of ether oxygens (including phenoxy) is 2. The predicted molar refractivity (Wildman–Crippen MR) is 119 cm³/mol. The lowest BCUT2D eigenvalue weighted by atomic mass is 10.2. The van der Waals surface area contributed by atoms with Crippen molar-refractivity contribution in [1.82, 2.24) is 5.43 Å². The van der Waals surface area contributed by atoms with Gasteiger partial charge in [-0.25, -0.2) is 5.43 Å². The molecule has 0 heterocycles. The maximum atomic E-state index is 12.0. The number of anilines is 1. The zero-order valence-electron chi connectivity index (χ0n) is 17.3. The summed E-state index contributed by atoms with van der Waals surface area (Å²) in [4.78, 5) is 23.9. The number of hydrazone groups is 1. The molecule has 158 valence electrons. The molecule has 0 fully saturated rings. The zero-order chi connectivity index (χ0) is 22.1. The second kappa shape index (κ2) is 10.6. The van der Waals surface area contributed by atoms with E-state index in [1.54, 1.807) is 36.4 Å². The van der Waals surface area contributed by atoms with Crippen LogP contribution in [0.25, 0.3) is 0 Å². The van der Waals surface area contributed by atoms with E-state index < -0.39 is 11.8 Å². The Balaban J connectivity index is 1.46. The lowest BCUT2D eigenvalue weighted by molar-refractivity contribution is -0.136. The number of aryl methyl sites for hydroxylation is 1. The normalized spacial score (nSPS) is 10.5. The molecule has 7 nitrogen and oxygen atoms in total. The number of rotatable bonds is 7. The fourth-order valence-corrected chi connectivity index (χ4v) is 2.61. The Labute approximate surface area is 180 Å². The molecule has 0 aliphatic rings. The molecule has 0 radical (unpaired) electrons. The van der Waals surface area contributed by atoms with Gasteiger partial charge in [0.1, 0.15) is 18.1 Å².